The van der Waals surface area contributed by atoms with Gasteiger partial charge in [-0.15, -0.1) is 0 Å². The van der Waals surface area contributed by atoms with Crippen molar-refractivity contribution in [1.82, 2.24) is 15.0 Å². The number of nitrogens with zero attached hydrogens (tertiary/aromatic N) is 2. The van der Waals surface area contributed by atoms with Gasteiger partial charge in [0, 0.05) is 28.6 Å². The Hall–Kier alpha value is -2.13. The number of hydrogen-bond donors (Lipinski definition) is 1. The SMILES string of the molecule is Cc1c2ccnc(Cl)c2cc2c1[nH]c1ncccc12. The van der Waals surface area contributed by atoms with E-state index in [-0.39, 0.29) is 0 Å². The van der Waals surface area contributed by atoms with Gasteiger partial charge < -0.3 is 4.98 Å². The van der Waals surface area contributed by atoms with Gasteiger partial charge in [-0.1, -0.05) is 11.6 Å². The van der Waals surface area contributed by atoms with Gasteiger partial charge in [-0.25, -0.2) is 9.97 Å². The van der Waals surface area contributed by atoms with Crippen molar-refractivity contribution in [3.8, 4) is 0 Å². The van der Waals surface area contributed by atoms with E-state index in [1.807, 2.05) is 12.1 Å². The molecule has 3 heterocycles. The molecule has 0 bridgehead atoms. The van der Waals surface area contributed by atoms with Crippen molar-refractivity contribution in [1.29, 1.82) is 0 Å². The lowest BCUT2D eigenvalue weighted by atomic mass is 10.0. The van der Waals surface area contributed by atoms with Crippen LogP contribution in [-0.4, -0.2) is 15.0 Å². The molecule has 0 spiro atoms. The number of aryl methyl sites for hydroxylation is 1. The molecular weight excluding hydrogens is 258 g/mol. The Labute approximate surface area is 114 Å². The minimum atomic E-state index is 0.542. The highest BCUT2D eigenvalue weighted by Gasteiger charge is 2.11. The van der Waals surface area contributed by atoms with Gasteiger partial charge in [0.1, 0.15) is 10.8 Å². The van der Waals surface area contributed by atoms with E-state index in [1.54, 1.807) is 12.4 Å². The van der Waals surface area contributed by atoms with Crippen molar-refractivity contribution >= 4 is 44.3 Å². The molecular formula is C15H10ClN3. The van der Waals surface area contributed by atoms with Crippen LogP contribution in [0.5, 0.6) is 0 Å². The molecule has 0 amide bonds. The van der Waals surface area contributed by atoms with Gasteiger partial charge in [-0.3, -0.25) is 0 Å². The predicted molar refractivity (Wildman–Crippen MR) is 78.6 cm³/mol. The van der Waals surface area contributed by atoms with E-state index in [9.17, 15) is 0 Å². The highest BCUT2D eigenvalue weighted by atomic mass is 35.5. The summed E-state index contributed by atoms with van der Waals surface area (Å²) in [7, 11) is 0. The van der Waals surface area contributed by atoms with Crippen molar-refractivity contribution in [3.05, 3.63) is 47.4 Å². The molecule has 1 aromatic carbocycles. The van der Waals surface area contributed by atoms with Crippen LogP contribution in [0.1, 0.15) is 5.56 Å². The maximum absolute atomic E-state index is 6.21. The molecule has 4 aromatic rings. The summed E-state index contributed by atoms with van der Waals surface area (Å²) in [4.78, 5) is 11.9. The number of rotatable bonds is 0. The molecule has 4 heteroatoms. The van der Waals surface area contributed by atoms with Crippen LogP contribution in [0.4, 0.5) is 0 Å². The lowest BCUT2D eigenvalue weighted by molar-refractivity contribution is 1.34. The number of benzene rings is 1. The van der Waals surface area contributed by atoms with Crippen LogP contribution in [0.25, 0.3) is 32.7 Å². The molecule has 3 nitrogen and oxygen atoms in total. The molecule has 19 heavy (non-hydrogen) atoms. The zero-order valence-electron chi connectivity index (χ0n) is 10.2. The molecule has 0 saturated heterocycles. The summed E-state index contributed by atoms with van der Waals surface area (Å²) >= 11 is 6.21. The van der Waals surface area contributed by atoms with Gasteiger partial charge in [-0.2, -0.15) is 0 Å². The summed E-state index contributed by atoms with van der Waals surface area (Å²) < 4.78 is 0. The molecule has 0 aliphatic rings. The predicted octanol–water partition coefficient (Wildman–Crippen LogP) is 4.23. The molecule has 0 unspecified atom stereocenters. The molecule has 4 rings (SSSR count). The molecule has 3 aromatic heterocycles. The Morgan fingerprint density at radius 2 is 1.89 bits per heavy atom. The van der Waals surface area contributed by atoms with Crippen LogP contribution in [0.2, 0.25) is 5.15 Å². The monoisotopic (exact) mass is 267 g/mol. The Kier molecular flexibility index (Phi) is 2.09. The number of pyridine rings is 2. The number of halogens is 1. The first-order chi connectivity index (χ1) is 9.25. The van der Waals surface area contributed by atoms with Crippen LogP contribution in [0, 0.1) is 6.92 Å². The summed E-state index contributed by atoms with van der Waals surface area (Å²) in [5, 5.41) is 4.91. The highest BCUT2D eigenvalue weighted by molar-refractivity contribution is 6.35. The van der Waals surface area contributed by atoms with Crippen LogP contribution < -0.4 is 0 Å². The average molecular weight is 268 g/mol. The lowest BCUT2D eigenvalue weighted by Gasteiger charge is -2.05. The number of nitrogens with one attached hydrogen (secondary N) is 1. The zero-order chi connectivity index (χ0) is 13.0. The normalized spacial score (nSPS) is 11.7. The third kappa shape index (κ3) is 1.39. The van der Waals surface area contributed by atoms with Crippen LogP contribution in [0.3, 0.4) is 0 Å². The summed E-state index contributed by atoms with van der Waals surface area (Å²) in [5.41, 5.74) is 3.19. The molecule has 0 saturated carbocycles. The standard InChI is InChI=1S/C15H10ClN3/c1-8-9-4-6-17-14(16)12(9)7-11-10-3-2-5-18-15(10)19-13(8)11/h2-7H,1H3,(H,18,19). The molecule has 92 valence electrons. The fourth-order valence-electron chi connectivity index (χ4n) is 2.68. The second-order valence-electron chi connectivity index (χ2n) is 4.65. The van der Waals surface area contributed by atoms with Gasteiger partial charge in [0.2, 0.25) is 0 Å². The van der Waals surface area contributed by atoms with E-state index in [0.29, 0.717) is 5.15 Å². The van der Waals surface area contributed by atoms with Crippen LogP contribution >= 0.6 is 11.6 Å². The first kappa shape index (κ1) is 10.8. The number of hydrogen-bond acceptors (Lipinski definition) is 2. The highest BCUT2D eigenvalue weighted by Crippen LogP contribution is 2.34. The maximum atomic E-state index is 6.21. The third-order valence-corrected chi connectivity index (χ3v) is 3.92. The summed E-state index contributed by atoms with van der Waals surface area (Å²) in [6, 6.07) is 8.10. The van der Waals surface area contributed by atoms with Crippen molar-refractivity contribution in [2.75, 3.05) is 0 Å². The number of H-pyrrole nitrogens is 1. The fourth-order valence-corrected chi connectivity index (χ4v) is 2.89. The number of aromatic nitrogens is 3. The van der Waals surface area contributed by atoms with Gasteiger partial charge in [0.05, 0.1) is 5.52 Å². The molecule has 1 N–H and O–H groups in total. The van der Waals surface area contributed by atoms with E-state index in [0.717, 1.165) is 32.7 Å². The van der Waals surface area contributed by atoms with E-state index in [2.05, 4.69) is 34.0 Å². The first-order valence-electron chi connectivity index (χ1n) is 6.06. The van der Waals surface area contributed by atoms with Crippen molar-refractivity contribution in [3.63, 3.8) is 0 Å². The van der Waals surface area contributed by atoms with Crippen LogP contribution in [-0.2, 0) is 0 Å². The summed E-state index contributed by atoms with van der Waals surface area (Å²) in [6.07, 6.45) is 3.53. The molecule has 0 atom stereocenters. The largest absolute Gasteiger partial charge is 0.339 e. The van der Waals surface area contributed by atoms with Crippen molar-refractivity contribution in [2.45, 2.75) is 6.92 Å². The summed E-state index contributed by atoms with van der Waals surface area (Å²) in [6.45, 7) is 2.09. The van der Waals surface area contributed by atoms with Crippen molar-refractivity contribution < 1.29 is 0 Å². The van der Waals surface area contributed by atoms with Gasteiger partial charge >= 0.3 is 0 Å². The molecule has 0 aliphatic heterocycles. The zero-order valence-corrected chi connectivity index (χ0v) is 11.0. The quantitative estimate of drug-likeness (QED) is 0.485. The number of aromatic amines is 1. The van der Waals surface area contributed by atoms with Gasteiger partial charge in [0.25, 0.3) is 0 Å². The Balaban J connectivity index is 2.34. The van der Waals surface area contributed by atoms with Gasteiger partial charge in [0.15, 0.2) is 0 Å². The van der Waals surface area contributed by atoms with E-state index >= 15 is 0 Å². The second kappa shape index (κ2) is 3.68. The summed E-state index contributed by atoms with van der Waals surface area (Å²) in [5.74, 6) is 0. The second-order valence-corrected chi connectivity index (χ2v) is 5.00. The smallest absolute Gasteiger partial charge is 0.138 e. The molecule has 0 radical (unpaired) electrons. The fraction of sp³-hybridized carbons (Fsp3) is 0.0667. The van der Waals surface area contributed by atoms with Crippen molar-refractivity contribution in [2.24, 2.45) is 0 Å². The number of fused-ring (bicyclic) bond motifs is 4. The maximum Gasteiger partial charge on any atom is 0.138 e. The molecule has 0 fully saturated rings. The third-order valence-electron chi connectivity index (χ3n) is 3.62. The Morgan fingerprint density at radius 3 is 2.79 bits per heavy atom. The Bertz CT molecular complexity index is 940. The lowest BCUT2D eigenvalue weighted by Crippen LogP contribution is -1.84. The Morgan fingerprint density at radius 1 is 1.00 bits per heavy atom. The minimum Gasteiger partial charge on any atom is -0.339 e. The average Bonchev–Trinajstić information content (AvgIpc) is 2.80. The molecule has 0 aliphatic carbocycles. The van der Waals surface area contributed by atoms with E-state index in [1.165, 1.54) is 5.56 Å². The topological polar surface area (TPSA) is 41.6 Å². The minimum absolute atomic E-state index is 0.542. The van der Waals surface area contributed by atoms with Gasteiger partial charge in [-0.05, 0) is 42.1 Å². The van der Waals surface area contributed by atoms with E-state index in [4.69, 9.17) is 11.6 Å². The van der Waals surface area contributed by atoms with Crippen LogP contribution in [0.15, 0.2) is 36.7 Å². The first-order valence-corrected chi connectivity index (χ1v) is 6.44. The van der Waals surface area contributed by atoms with E-state index < -0.39 is 0 Å².